The Balaban J connectivity index is 1.64. The maximum absolute atomic E-state index is 13.7. The van der Waals surface area contributed by atoms with Gasteiger partial charge in [0.05, 0.1) is 47.0 Å². The first kappa shape index (κ1) is 26.7. The number of hydrogen-bond acceptors (Lipinski definition) is 9. The predicted molar refractivity (Wildman–Crippen MR) is 153 cm³/mol. The van der Waals surface area contributed by atoms with Gasteiger partial charge in [0.2, 0.25) is 5.78 Å². The van der Waals surface area contributed by atoms with Crippen LogP contribution in [0.15, 0.2) is 65.2 Å². The second kappa shape index (κ2) is 11.5. The molecule has 39 heavy (non-hydrogen) atoms. The highest BCUT2D eigenvalue weighted by molar-refractivity contribution is 7.22. The number of methoxy groups -OCH3 is 1. The van der Waals surface area contributed by atoms with Crippen LogP contribution in [0.25, 0.3) is 10.2 Å². The molecule has 10 heteroatoms. The number of carbonyl (C=O) groups excluding carboxylic acids is 2. The number of carbonyl (C=O) groups is 2. The van der Waals surface area contributed by atoms with E-state index in [1.165, 1.54) is 27.6 Å². The maximum Gasteiger partial charge on any atom is 0.296 e. The van der Waals surface area contributed by atoms with Gasteiger partial charge in [0.15, 0.2) is 22.4 Å². The minimum absolute atomic E-state index is 0.00128. The minimum Gasteiger partial charge on any atom is -0.503 e. The Labute approximate surface area is 234 Å². The number of rotatable bonds is 11. The van der Waals surface area contributed by atoms with E-state index in [2.05, 4.69) is 11.9 Å². The normalized spacial score (nSPS) is 15.3. The lowest BCUT2D eigenvalue weighted by Crippen LogP contribution is -2.31. The van der Waals surface area contributed by atoms with Gasteiger partial charge in [0.25, 0.3) is 5.91 Å². The molecule has 0 radical (unpaired) electrons. The fourth-order valence-electron chi connectivity index (χ4n) is 4.42. The molecule has 0 spiro atoms. The highest BCUT2D eigenvalue weighted by atomic mass is 32.1. The van der Waals surface area contributed by atoms with E-state index in [0.717, 1.165) is 17.5 Å². The Morgan fingerprint density at radius 3 is 2.67 bits per heavy atom. The molecule has 0 saturated carbocycles. The van der Waals surface area contributed by atoms with E-state index in [1.54, 1.807) is 48.9 Å². The highest BCUT2D eigenvalue weighted by Gasteiger charge is 2.46. The monoisotopic (exact) mass is 564 g/mol. The smallest absolute Gasteiger partial charge is 0.296 e. The van der Waals surface area contributed by atoms with Crippen LogP contribution in [0.2, 0.25) is 0 Å². The highest BCUT2D eigenvalue weighted by Crippen LogP contribution is 2.46. The van der Waals surface area contributed by atoms with Crippen molar-refractivity contribution in [2.75, 3.05) is 25.2 Å². The third kappa shape index (κ3) is 5.09. The number of hydrogen-bond donors (Lipinski definition) is 1. The van der Waals surface area contributed by atoms with Crippen molar-refractivity contribution >= 4 is 49.7 Å². The number of nitrogens with zero attached hydrogens (tertiary/aromatic N) is 2. The van der Waals surface area contributed by atoms with Crippen LogP contribution in [-0.2, 0) is 4.79 Å². The first-order valence-electron chi connectivity index (χ1n) is 12.7. The summed E-state index contributed by atoms with van der Waals surface area (Å²) < 4.78 is 18.0. The van der Waals surface area contributed by atoms with Gasteiger partial charge in [0.1, 0.15) is 5.75 Å². The van der Waals surface area contributed by atoms with E-state index in [-0.39, 0.29) is 5.57 Å². The van der Waals surface area contributed by atoms with Crippen molar-refractivity contribution in [1.82, 2.24) is 4.98 Å². The van der Waals surface area contributed by atoms with Crippen molar-refractivity contribution in [3.8, 4) is 17.2 Å². The Kier molecular flexibility index (Phi) is 7.85. The molecule has 1 N–H and O–H groups in total. The van der Waals surface area contributed by atoms with Gasteiger partial charge in [0, 0.05) is 0 Å². The standard InChI is InChI=1S/C29H28N2O6S2/c1-4-6-13-37-20-12-9-17(15-21(20)36-5-2)25-24(26(32)22-8-7-14-38-22)27(33)28(34)31(25)29-30-19-11-10-18(35-3)16-23(19)39-29/h7-12,14-16,25,33H,4-6,13H2,1-3H3. The molecule has 8 nitrogen and oxygen atoms in total. The molecular weight excluding hydrogens is 536 g/mol. The Hall–Kier alpha value is -3.89. The van der Waals surface area contributed by atoms with Crippen molar-refractivity contribution in [2.45, 2.75) is 32.7 Å². The molecule has 1 unspecified atom stereocenters. The largest absolute Gasteiger partial charge is 0.503 e. The fraction of sp³-hybridized carbons (Fsp3) is 0.276. The number of ketones is 1. The molecule has 3 heterocycles. The van der Waals surface area contributed by atoms with Gasteiger partial charge < -0.3 is 19.3 Å². The van der Waals surface area contributed by atoms with Gasteiger partial charge in [-0.2, -0.15) is 0 Å². The van der Waals surface area contributed by atoms with Crippen LogP contribution in [0.1, 0.15) is 48.0 Å². The van der Waals surface area contributed by atoms with E-state index < -0.39 is 23.5 Å². The molecule has 1 amide bonds. The van der Waals surface area contributed by atoms with E-state index >= 15 is 0 Å². The third-order valence-corrected chi connectivity index (χ3v) is 8.21. The summed E-state index contributed by atoms with van der Waals surface area (Å²) >= 11 is 2.53. The molecule has 1 aliphatic rings. The van der Waals surface area contributed by atoms with Crippen LogP contribution in [0.5, 0.6) is 17.2 Å². The number of aliphatic hydroxyl groups excluding tert-OH is 1. The Morgan fingerprint density at radius 1 is 1.10 bits per heavy atom. The summed E-state index contributed by atoms with van der Waals surface area (Å²) in [5.74, 6) is 0.0609. The number of fused-ring (bicyclic) bond motifs is 1. The van der Waals surface area contributed by atoms with Gasteiger partial charge in [-0.15, -0.1) is 11.3 Å². The van der Waals surface area contributed by atoms with Gasteiger partial charge in [-0.3, -0.25) is 14.5 Å². The fourth-order valence-corrected chi connectivity index (χ4v) is 6.12. The van der Waals surface area contributed by atoms with Gasteiger partial charge in [-0.05, 0) is 60.7 Å². The molecule has 2 aromatic carbocycles. The van der Waals surface area contributed by atoms with Gasteiger partial charge in [-0.1, -0.05) is 36.8 Å². The zero-order valence-corrected chi connectivity index (χ0v) is 23.4. The van der Waals surface area contributed by atoms with Crippen LogP contribution in [0.4, 0.5) is 5.13 Å². The number of unbranched alkanes of at least 4 members (excludes halogenated alkanes) is 1. The van der Waals surface area contributed by atoms with Crippen LogP contribution < -0.4 is 19.1 Å². The number of aromatic nitrogens is 1. The predicted octanol–water partition coefficient (Wildman–Crippen LogP) is 6.73. The summed E-state index contributed by atoms with van der Waals surface area (Å²) in [6.45, 7) is 4.91. The van der Waals surface area contributed by atoms with Crippen molar-refractivity contribution in [1.29, 1.82) is 0 Å². The van der Waals surface area contributed by atoms with E-state index in [0.29, 0.717) is 51.6 Å². The number of amides is 1. The van der Waals surface area contributed by atoms with Crippen LogP contribution in [0, 0.1) is 0 Å². The molecule has 0 aliphatic carbocycles. The Bertz CT molecular complexity index is 1540. The van der Waals surface area contributed by atoms with E-state index in [1.807, 2.05) is 19.1 Å². The molecule has 5 rings (SSSR count). The number of Topliss-reactive ketones (excluding diaryl/α,β-unsaturated/α-hetero) is 1. The average molecular weight is 565 g/mol. The molecule has 2 aromatic heterocycles. The summed E-state index contributed by atoms with van der Waals surface area (Å²) in [7, 11) is 1.58. The molecule has 0 fully saturated rings. The molecule has 1 aliphatic heterocycles. The summed E-state index contributed by atoms with van der Waals surface area (Å²) in [6, 6.07) is 13.3. The van der Waals surface area contributed by atoms with Crippen molar-refractivity contribution in [3.05, 3.63) is 75.7 Å². The lowest BCUT2D eigenvalue weighted by molar-refractivity contribution is -0.117. The molecular formula is C29H28N2O6S2. The molecule has 202 valence electrons. The summed E-state index contributed by atoms with van der Waals surface area (Å²) in [4.78, 5) is 33.7. The lowest BCUT2D eigenvalue weighted by atomic mass is 9.95. The van der Waals surface area contributed by atoms with Crippen LogP contribution in [0.3, 0.4) is 0 Å². The first-order valence-corrected chi connectivity index (χ1v) is 14.3. The number of anilines is 1. The number of benzene rings is 2. The summed E-state index contributed by atoms with van der Waals surface area (Å²) in [5, 5.41) is 13.2. The second-order valence-electron chi connectivity index (χ2n) is 8.82. The van der Waals surface area contributed by atoms with E-state index in [9.17, 15) is 14.7 Å². The van der Waals surface area contributed by atoms with Gasteiger partial charge in [-0.25, -0.2) is 4.98 Å². The maximum atomic E-state index is 13.7. The molecule has 0 saturated heterocycles. The summed E-state index contributed by atoms with van der Waals surface area (Å²) in [6.07, 6.45) is 1.89. The van der Waals surface area contributed by atoms with Crippen molar-refractivity contribution < 1.29 is 28.9 Å². The molecule has 0 bridgehead atoms. The van der Waals surface area contributed by atoms with E-state index in [4.69, 9.17) is 14.2 Å². The number of thiophene rings is 1. The molecule has 4 aromatic rings. The zero-order valence-electron chi connectivity index (χ0n) is 21.8. The topological polar surface area (TPSA) is 98.2 Å². The third-order valence-electron chi connectivity index (χ3n) is 6.33. The minimum atomic E-state index is -0.918. The first-order chi connectivity index (χ1) is 19.0. The zero-order chi connectivity index (χ0) is 27.5. The lowest BCUT2D eigenvalue weighted by Gasteiger charge is -2.25. The number of thiazole rings is 1. The SMILES string of the molecule is CCCCOc1ccc(C2C(C(=O)c3cccs3)=C(O)C(=O)N2c2nc3ccc(OC)cc3s2)cc1OCC. The Morgan fingerprint density at radius 2 is 1.95 bits per heavy atom. The van der Waals surface area contributed by atoms with Crippen LogP contribution >= 0.6 is 22.7 Å². The molecule has 1 atom stereocenters. The summed E-state index contributed by atoms with van der Waals surface area (Å²) in [5.41, 5.74) is 1.27. The number of ether oxygens (including phenoxy) is 3. The average Bonchev–Trinajstić information content (AvgIpc) is 3.68. The van der Waals surface area contributed by atoms with Crippen molar-refractivity contribution in [3.63, 3.8) is 0 Å². The quantitative estimate of drug-likeness (QED) is 0.159. The van der Waals surface area contributed by atoms with Crippen LogP contribution in [-0.4, -0.2) is 42.1 Å². The van der Waals surface area contributed by atoms with Crippen molar-refractivity contribution in [2.24, 2.45) is 0 Å². The second-order valence-corrected chi connectivity index (χ2v) is 10.8. The number of aliphatic hydroxyl groups is 1. The van der Waals surface area contributed by atoms with Gasteiger partial charge >= 0.3 is 0 Å².